The highest BCUT2D eigenvalue weighted by molar-refractivity contribution is 7.99. The number of carboxylic acid groups (broad SMARTS) is 1. The number of benzene rings is 1. The molecule has 74 valence electrons. The smallest absolute Gasteiger partial charge is 0.303 e. The third-order valence-corrected chi connectivity index (χ3v) is 3.63. The minimum absolute atomic E-state index is 0.213. The van der Waals surface area contributed by atoms with Crippen molar-refractivity contribution in [2.75, 3.05) is 5.75 Å². The highest BCUT2D eigenvalue weighted by Gasteiger charge is 2.22. The Kier molecular flexibility index (Phi) is 2.77. The van der Waals surface area contributed by atoms with Gasteiger partial charge in [-0.15, -0.1) is 11.8 Å². The van der Waals surface area contributed by atoms with Crippen molar-refractivity contribution < 1.29 is 9.90 Å². The second-order valence-corrected chi connectivity index (χ2v) is 4.61. The van der Waals surface area contributed by atoms with Crippen molar-refractivity contribution in [1.29, 1.82) is 0 Å². The van der Waals surface area contributed by atoms with Crippen molar-refractivity contribution in [3.63, 3.8) is 0 Å². The maximum Gasteiger partial charge on any atom is 0.303 e. The average Bonchev–Trinajstić information content (AvgIpc) is 2.18. The second-order valence-electron chi connectivity index (χ2n) is 3.47. The molecule has 0 aromatic heterocycles. The summed E-state index contributed by atoms with van der Waals surface area (Å²) in [6.07, 6.45) is 1.24. The van der Waals surface area contributed by atoms with E-state index in [1.54, 1.807) is 0 Å². The molecule has 14 heavy (non-hydrogen) atoms. The van der Waals surface area contributed by atoms with Gasteiger partial charge in [0.1, 0.15) is 0 Å². The van der Waals surface area contributed by atoms with E-state index >= 15 is 0 Å². The molecule has 1 atom stereocenters. The standard InChI is InChI=1S/C11H12O2S/c12-11(13)7-8-5-6-14-10-4-2-1-3-9(8)10/h1-4,8H,5-7H2,(H,12,13). The largest absolute Gasteiger partial charge is 0.481 e. The van der Waals surface area contributed by atoms with E-state index in [4.69, 9.17) is 5.11 Å². The van der Waals surface area contributed by atoms with Crippen molar-refractivity contribution in [3.8, 4) is 0 Å². The van der Waals surface area contributed by atoms with E-state index in [0.717, 1.165) is 12.2 Å². The predicted octanol–water partition coefficient (Wildman–Crippen LogP) is 2.74. The quantitative estimate of drug-likeness (QED) is 0.812. The molecule has 1 unspecified atom stereocenters. The molecular weight excluding hydrogens is 196 g/mol. The van der Waals surface area contributed by atoms with Crippen molar-refractivity contribution in [3.05, 3.63) is 29.8 Å². The molecule has 1 N–H and O–H groups in total. The number of rotatable bonds is 2. The number of carboxylic acids is 1. The molecule has 1 aromatic carbocycles. The zero-order valence-electron chi connectivity index (χ0n) is 7.77. The van der Waals surface area contributed by atoms with E-state index in [9.17, 15) is 4.79 Å². The van der Waals surface area contributed by atoms with Gasteiger partial charge in [0.2, 0.25) is 0 Å². The van der Waals surface area contributed by atoms with E-state index in [2.05, 4.69) is 12.1 Å². The fraction of sp³-hybridized carbons (Fsp3) is 0.364. The van der Waals surface area contributed by atoms with Crippen LogP contribution in [0, 0.1) is 0 Å². The van der Waals surface area contributed by atoms with Gasteiger partial charge in [-0.1, -0.05) is 18.2 Å². The van der Waals surface area contributed by atoms with Gasteiger partial charge in [-0.2, -0.15) is 0 Å². The molecule has 2 rings (SSSR count). The first kappa shape index (κ1) is 9.59. The Bertz CT molecular complexity index is 349. The van der Waals surface area contributed by atoms with Gasteiger partial charge in [0, 0.05) is 4.90 Å². The summed E-state index contributed by atoms with van der Waals surface area (Å²) >= 11 is 1.83. The summed E-state index contributed by atoms with van der Waals surface area (Å²) in [5, 5.41) is 8.78. The topological polar surface area (TPSA) is 37.3 Å². The second kappa shape index (κ2) is 4.05. The summed E-state index contributed by atoms with van der Waals surface area (Å²) in [5.41, 5.74) is 1.21. The molecule has 0 spiro atoms. The van der Waals surface area contributed by atoms with Gasteiger partial charge >= 0.3 is 5.97 Å². The number of carbonyl (C=O) groups is 1. The summed E-state index contributed by atoms with van der Waals surface area (Å²) in [4.78, 5) is 11.9. The van der Waals surface area contributed by atoms with Crippen molar-refractivity contribution in [2.45, 2.75) is 23.7 Å². The average molecular weight is 208 g/mol. The summed E-state index contributed by atoms with van der Waals surface area (Å²) < 4.78 is 0. The summed E-state index contributed by atoms with van der Waals surface area (Å²) in [7, 11) is 0. The van der Waals surface area contributed by atoms with E-state index in [1.165, 1.54) is 10.5 Å². The number of fused-ring (bicyclic) bond motifs is 1. The molecule has 3 heteroatoms. The maximum absolute atomic E-state index is 10.7. The molecule has 0 amide bonds. The highest BCUT2D eigenvalue weighted by Crippen LogP contribution is 2.38. The van der Waals surface area contributed by atoms with Crippen LogP contribution in [-0.2, 0) is 4.79 Å². The Balaban J connectivity index is 2.26. The molecule has 1 aromatic rings. The minimum atomic E-state index is -0.697. The summed E-state index contributed by atoms with van der Waals surface area (Å²) in [5.74, 6) is 0.552. The Hall–Kier alpha value is -0.960. The van der Waals surface area contributed by atoms with Crippen LogP contribution in [0.1, 0.15) is 24.3 Å². The van der Waals surface area contributed by atoms with Crippen LogP contribution in [0.3, 0.4) is 0 Å². The lowest BCUT2D eigenvalue weighted by Crippen LogP contribution is -2.11. The number of thioether (sulfide) groups is 1. The first-order chi connectivity index (χ1) is 6.77. The van der Waals surface area contributed by atoms with Crippen LogP contribution in [0.5, 0.6) is 0 Å². The van der Waals surface area contributed by atoms with Crippen LogP contribution in [0.15, 0.2) is 29.2 Å². The molecule has 1 aliphatic heterocycles. The highest BCUT2D eigenvalue weighted by atomic mass is 32.2. The molecule has 0 saturated carbocycles. The van der Waals surface area contributed by atoms with E-state index < -0.39 is 5.97 Å². The van der Waals surface area contributed by atoms with Gasteiger partial charge in [0.25, 0.3) is 0 Å². The van der Waals surface area contributed by atoms with E-state index in [1.807, 2.05) is 23.9 Å². The number of hydrogen-bond donors (Lipinski definition) is 1. The van der Waals surface area contributed by atoms with Gasteiger partial charge < -0.3 is 5.11 Å². The van der Waals surface area contributed by atoms with Crippen LogP contribution < -0.4 is 0 Å². The van der Waals surface area contributed by atoms with Gasteiger partial charge in [0.05, 0.1) is 6.42 Å². The third kappa shape index (κ3) is 1.93. The molecular formula is C11H12O2S. The lowest BCUT2D eigenvalue weighted by Gasteiger charge is -2.23. The summed E-state index contributed by atoms with van der Waals surface area (Å²) in [6.45, 7) is 0. The number of hydrogen-bond acceptors (Lipinski definition) is 2. The molecule has 0 fully saturated rings. The lowest BCUT2D eigenvalue weighted by molar-refractivity contribution is -0.137. The van der Waals surface area contributed by atoms with Crippen LogP contribution in [-0.4, -0.2) is 16.8 Å². The first-order valence-electron chi connectivity index (χ1n) is 4.71. The predicted molar refractivity (Wildman–Crippen MR) is 56.8 cm³/mol. The first-order valence-corrected chi connectivity index (χ1v) is 5.69. The Morgan fingerprint density at radius 3 is 3.07 bits per heavy atom. The monoisotopic (exact) mass is 208 g/mol. The molecule has 1 aliphatic rings. The maximum atomic E-state index is 10.7. The van der Waals surface area contributed by atoms with Crippen molar-refractivity contribution in [1.82, 2.24) is 0 Å². The Morgan fingerprint density at radius 2 is 2.29 bits per heavy atom. The van der Waals surface area contributed by atoms with Gasteiger partial charge in [0.15, 0.2) is 0 Å². The van der Waals surface area contributed by atoms with Gasteiger partial charge in [-0.05, 0) is 29.7 Å². The third-order valence-electron chi connectivity index (χ3n) is 2.50. The fourth-order valence-corrected chi connectivity index (χ4v) is 3.04. The number of aliphatic carboxylic acids is 1. The van der Waals surface area contributed by atoms with E-state index in [0.29, 0.717) is 0 Å². The zero-order valence-corrected chi connectivity index (χ0v) is 8.59. The van der Waals surface area contributed by atoms with Crippen LogP contribution >= 0.6 is 11.8 Å². The lowest BCUT2D eigenvalue weighted by atomic mass is 9.93. The van der Waals surface area contributed by atoms with Gasteiger partial charge in [-0.25, -0.2) is 0 Å². The minimum Gasteiger partial charge on any atom is -0.481 e. The Labute approximate surface area is 87.3 Å². The van der Waals surface area contributed by atoms with Gasteiger partial charge in [-0.3, -0.25) is 4.79 Å². The fourth-order valence-electron chi connectivity index (χ4n) is 1.84. The molecule has 0 bridgehead atoms. The SMILES string of the molecule is O=C(O)CC1CCSc2ccccc21. The van der Waals surface area contributed by atoms with Crippen molar-refractivity contribution in [2.24, 2.45) is 0 Å². The molecule has 0 aliphatic carbocycles. The van der Waals surface area contributed by atoms with Crippen molar-refractivity contribution >= 4 is 17.7 Å². The normalized spacial score (nSPS) is 20.1. The van der Waals surface area contributed by atoms with Crippen LogP contribution in [0.2, 0.25) is 0 Å². The summed E-state index contributed by atoms with van der Waals surface area (Å²) in [6, 6.07) is 8.12. The molecule has 0 saturated heterocycles. The van der Waals surface area contributed by atoms with Crippen LogP contribution in [0.4, 0.5) is 0 Å². The molecule has 0 radical (unpaired) electrons. The van der Waals surface area contributed by atoms with E-state index in [-0.39, 0.29) is 12.3 Å². The zero-order chi connectivity index (χ0) is 9.97. The van der Waals surface area contributed by atoms with Crippen LogP contribution in [0.25, 0.3) is 0 Å². The molecule has 1 heterocycles. The Morgan fingerprint density at radius 1 is 1.50 bits per heavy atom. The molecule has 2 nitrogen and oxygen atoms in total.